The topological polar surface area (TPSA) is 61.4 Å². The highest BCUT2D eigenvalue weighted by Crippen LogP contribution is 2.25. The van der Waals surface area contributed by atoms with Gasteiger partial charge in [-0.3, -0.25) is 5.10 Å². The van der Waals surface area contributed by atoms with Crippen molar-refractivity contribution in [3.63, 3.8) is 0 Å². The van der Waals surface area contributed by atoms with Gasteiger partial charge in [0.05, 0.1) is 12.7 Å². The van der Waals surface area contributed by atoms with Gasteiger partial charge in [-0.2, -0.15) is 5.10 Å². The van der Waals surface area contributed by atoms with Crippen molar-refractivity contribution in [3.05, 3.63) is 18.0 Å². The summed E-state index contributed by atoms with van der Waals surface area (Å²) in [6.07, 6.45) is 3.79. The first-order chi connectivity index (χ1) is 8.79. The molecule has 18 heavy (non-hydrogen) atoms. The Morgan fingerprint density at radius 1 is 1.67 bits per heavy atom. The zero-order valence-corrected chi connectivity index (χ0v) is 11.0. The summed E-state index contributed by atoms with van der Waals surface area (Å²) in [5, 5.41) is 16.9. The molecule has 1 aliphatic heterocycles. The molecule has 1 saturated heterocycles. The quantitative estimate of drug-likeness (QED) is 0.793. The van der Waals surface area contributed by atoms with Crippen LogP contribution in [0.1, 0.15) is 31.4 Å². The van der Waals surface area contributed by atoms with Crippen molar-refractivity contribution in [1.82, 2.24) is 15.1 Å². The van der Waals surface area contributed by atoms with Gasteiger partial charge in [0.15, 0.2) is 0 Å². The van der Waals surface area contributed by atoms with Crippen LogP contribution in [0.3, 0.4) is 0 Å². The van der Waals surface area contributed by atoms with Crippen molar-refractivity contribution in [2.45, 2.75) is 31.8 Å². The molecule has 2 atom stereocenters. The van der Waals surface area contributed by atoms with E-state index in [1.807, 2.05) is 13.0 Å². The van der Waals surface area contributed by atoms with Gasteiger partial charge in [-0.05, 0) is 32.4 Å². The monoisotopic (exact) mass is 253 g/mol. The number of ether oxygens (including phenoxy) is 1. The molecule has 1 aromatic rings. The average Bonchev–Trinajstić information content (AvgIpc) is 2.90. The van der Waals surface area contributed by atoms with Crippen LogP contribution in [0.25, 0.3) is 0 Å². The third-order valence-electron chi connectivity index (χ3n) is 3.45. The van der Waals surface area contributed by atoms with E-state index >= 15 is 0 Å². The number of aromatic amines is 1. The van der Waals surface area contributed by atoms with Crippen LogP contribution < -0.4 is 0 Å². The smallest absolute Gasteiger partial charge is 0.0900 e. The number of hydrogen-bond donors (Lipinski definition) is 2. The lowest BCUT2D eigenvalue weighted by Crippen LogP contribution is -2.40. The number of aliphatic hydroxyl groups excluding tert-OH is 1. The number of H-pyrrole nitrogens is 1. The van der Waals surface area contributed by atoms with E-state index in [1.165, 1.54) is 18.5 Å². The molecule has 5 heteroatoms. The number of aromatic nitrogens is 2. The molecule has 2 N–H and O–H groups in total. The Balaban J connectivity index is 1.80. The van der Waals surface area contributed by atoms with E-state index < -0.39 is 0 Å². The minimum atomic E-state index is -0.384. The Morgan fingerprint density at radius 3 is 3.28 bits per heavy atom. The molecule has 5 nitrogen and oxygen atoms in total. The molecule has 0 bridgehead atoms. The molecule has 1 fully saturated rings. The van der Waals surface area contributed by atoms with Crippen LogP contribution in [-0.4, -0.2) is 59.2 Å². The lowest BCUT2D eigenvalue weighted by atomic mass is 9.95. The third kappa shape index (κ3) is 3.80. The number of β-amino-alcohol motifs (C(OH)–C–C–N with tert-alkyl or cyclic N) is 1. The summed E-state index contributed by atoms with van der Waals surface area (Å²) >= 11 is 0. The van der Waals surface area contributed by atoms with Gasteiger partial charge < -0.3 is 14.7 Å². The second-order valence-corrected chi connectivity index (χ2v) is 4.92. The number of likely N-dealkylation sites (tertiary alicyclic amines) is 1. The number of hydrogen-bond acceptors (Lipinski definition) is 4. The fourth-order valence-electron chi connectivity index (χ4n) is 2.57. The fourth-order valence-corrected chi connectivity index (χ4v) is 2.57. The molecule has 1 aliphatic rings. The van der Waals surface area contributed by atoms with Crippen LogP contribution in [0.4, 0.5) is 0 Å². The molecule has 0 saturated carbocycles. The van der Waals surface area contributed by atoms with Crippen molar-refractivity contribution in [2.75, 3.05) is 32.8 Å². The maximum absolute atomic E-state index is 9.86. The van der Waals surface area contributed by atoms with Gasteiger partial charge in [0, 0.05) is 37.5 Å². The molecule has 0 radical (unpaired) electrons. The fraction of sp³-hybridized carbons (Fsp3) is 0.769. The number of rotatable bonds is 6. The molecule has 2 rings (SSSR count). The van der Waals surface area contributed by atoms with Crippen molar-refractivity contribution < 1.29 is 9.84 Å². The summed E-state index contributed by atoms with van der Waals surface area (Å²) in [4.78, 5) is 2.32. The van der Waals surface area contributed by atoms with E-state index in [1.54, 1.807) is 6.20 Å². The highest BCUT2D eigenvalue weighted by Gasteiger charge is 2.23. The standard InChI is InChI=1S/C13H23N3O2/c1-2-18-10-12(17)9-16-7-3-4-11(8-16)13-5-6-14-15-13/h5-6,11-12,17H,2-4,7-10H2,1H3,(H,14,15)/t11-,12-/m1/s1. The highest BCUT2D eigenvalue weighted by molar-refractivity contribution is 5.07. The van der Waals surface area contributed by atoms with Crippen molar-refractivity contribution in [2.24, 2.45) is 0 Å². The minimum Gasteiger partial charge on any atom is -0.389 e. The first kappa shape index (κ1) is 13.5. The molecular formula is C13H23N3O2. The van der Waals surface area contributed by atoms with Crippen LogP contribution in [0.5, 0.6) is 0 Å². The third-order valence-corrected chi connectivity index (χ3v) is 3.45. The average molecular weight is 253 g/mol. The second kappa shape index (κ2) is 6.87. The molecule has 1 aromatic heterocycles. The number of aliphatic hydroxyl groups is 1. The molecule has 0 amide bonds. The zero-order chi connectivity index (χ0) is 12.8. The van der Waals surface area contributed by atoms with Gasteiger partial charge in [-0.25, -0.2) is 0 Å². The minimum absolute atomic E-state index is 0.384. The van der Waals surface area contributed by atoms with Crippen LogP contribution in [0.15, 0.2) is 12.3 Å². The molecule has 0 spiro atoms. The van der Waals surface area contributed by atoms with Gasteiger partial charge >= 0.3 is 0 Å². The van der Waals surface area contributed by atoms with Crippen LogP contribution in [0.2, 0.25) is 0 Å². The predicted octanol–water partition coefficient (Wildman–Crippen LogP) is 0.986. The largest absolute Gasteiger partial charge is 0.389 e. The van der Waals surface area contributed by atoms with Crippen LogP contribution >= 0.6 is 0 Å². The van der Waals surface area contributed by atoms with E-state index in [-0.39, 0.29) is 6.10 Å². The molecule has 0 aromatic carbocycles. The molecule has 0 aliphatic carbocycles. The Bertz CT molecular complexity index is 329. The second-order valence-electron chi connectivity index (χ2n) is 4.92. The first-order valence-electron chi connectivity index (χ1n) is 6.77. The summed E-state index contributed by atoms with van der Waals surface area (Å²) in [7, 11) is 0. The van der Waals surface area contributed by atoms with Crippen LogP contribution in [-0.2, 0) is 4.74 Å². The Kier molecular flexibility index (Phi) is 5.16. The van der Waals surface area contributed by atoms with Crippen LogP contribution in [0, 0.1) is 0 Å². The van der Waals surface area contributed by atoms with Gasteiger partial charge in [-0.1, -0.05) is 0 Å². The van der Waals surface area contributed by atoms with E-state index in [4.69, 9.17) is 4.74 Å². The molecule has 0 unspecified atom stereocenters. The Labute approximate surface area is 108 Å². The SMILES string of the molecule is CCOC[C@H](O)CN1CCC[C@@H](c2ccn[nH]2)C1. The van der Waals surface area contributed by atoms with E-state index in [2.05, 4.69) is 15.1 Å². The summed E-state index contributed by atoms with van der Waals surface area (Å²) < 4.78 is 5.24. The zero-order valence-electron chi connectivity index (χ0n) is 11.0. The lowest BCUT2D eigenvalue weighted by molar-refractivity contribution is 0.0160. The maximum Gasteiger partial charge on any atom is 0.0900 e. The summed E-state index contributed by atoms with van der Waals surface area (Å²) in [6, 6.07) is 2.05. The molecule has 2 heterocycles. The lowest BCUT2D eigenvalue weighted by Gasteiger charge is -2.33. The maximum atomic E-state index is 9.86. The summed E-state index contributed by atoms with van der Waals surface area (Å²) in [5.74, 6) is 0.514. The summed E-state index contributed by atoms with van der Waals surface area (Å²) in [5.41, 5.74) is 1.21. The van der Waals surface area contributed by atoms with Gasteiger partial charge in [0.2, 0.25) is 0 Å². The van der Waals surface area contributed by atoms with Gasteiger partial charge in [-0.15, -0.1) is 0 Å². The van der Waals surface area contributed by atoms with Gasteiger partial charge in [0.1, 0.15) is 0 Å². The van der Waals surface area contributed by atoms with E-state index in [0.717, 1.165) is 13.1 Å². The van der Waals surface area contributed by atoms with Crippen molar-refractivity contribution in [1.29, 1.82) is 0 Å². The van der Waals surface area contributed by atoms with Gasteiger partial charge in [0.25, 0.3) is 0 Å². The first-order valence-corrected chi connectivity index (χ1v) is 6.77. The number of nitrogens with one attached hydrogen (secondary N) is 1. The van der Waals surface area contributed by atoms with E-state index in [9.17, 15) is 5.11 Å². The molecular weight excluding hydrogens is 230 g/mol. The Morgan fingerprint density at radius 2 is 2.56 bits per heavy atom. The Hall–Kier alpha value is -0.910. The number of nitrogens with zero attached hydrogens (tertiary/aromatic N) is 2. The predicted molar refractivity (Wildman–Crippen MR) is 69.5 cm³/mol. The number of piperidine rings is 1. The molecule has 102 valence electrons. The van der Waals surface area contributed by atoms with Crippen molar-refractivity contribution in [3.8, 4) is 0 Å². The van der Waals surface area contributed by atoms with E-state index in [0.29, 0.717) is 25.7 Å². The summed E-state index contributed by atoms with van der Waals surface area (Å²) in [6.45, 7) is 5.79. The van der Waals surface area contributed by atoms with Crippen molar-refractivity contribution >= 4 is 0 Å². The normalized spacial score (nSPS) is 23.1. The highest BCUT2D eigenvalue weighted by atomic mass is 16.5.